The van der Waals surface area contributed by atoms with Crippen molar-refractivity contribution in [1.29, 1.82) is 0 Å². The molecule has 322 valence electrons. The van der Waals surface area contributed by atoms with Crippen molar-refractivity contribution in [3.63, 3.8) is 0 Å². The van der Waals surface area contributed by atoms with Crippen molar-refractivity contribution >= 4 is 0 Å². The van der Waals surface area contributed by atoms with E-state index in [9.17, 15) is 5.11 Å². The molecular formula is C48H79N3O6. The fraction of sp³-hybridized carbons (Fsp3) is 0.708. The maximum atomic E-state index is 9.61. The molecule has 1 aromatic heterocycles. The second-order valence-corrected chi connectivity index (χ2v) is 15.9. The van der Waals surface area contributed by atoms with Gasteiger partial charge in [-0.25, -0.2) is 4.68 Å². The average molecular weight is 794 g/mol. The zero-order valence-electron chi connectivity index (χ0n) is 36.2. The van der Waals surface area contributed by atoms with Gasteiger partial charge in [-0.15, -0.1) is 5.10 Å². The van der Waals surface area contributed by atoms with Gasteiger partial charge in [0.25, 0.3) is 0 Å². The minimum absolute atomic E-state index is 0.0324. The third-order valence-electron chi connectivity index (χ3n) is 10.5. The fourth-order valence-electron chi connectivity index (χ4n) is 6.99. The lowest BCUT2D eigenvalue weighted by Gasteiger charge is -2.19. The smallest absolute Gasteiger partial charge is 0.203 e. The van der Waals surface area contributed by atoms with Crippen molar-refractivity contribution in [3.8, 4) is 34.3 Å². The van der Waals surface area contributed by atoms with Gasteiger partial charge in [0.05, 0.1) is 39.2 Å². The number of ether oxygens (including phenoxy) is 4. The van der Waals surface area contributed by atoms with Crippen LogP contribution in [0.4, 0.5) is 0 Å². The van der Waals surface area contributed by atoms with Crippen LogP contribution < -0.4 is 18.9 Å². The van der Waals surface area contributed by atoms with E-state index in [1.54, 1.807) is 0 Å². The van der Waals surface area contributed by atoms with Gasteiger partial charge in [0.1, 0.15) is 24.2 Å². The van der Waals surface area contributed by atoms with Gasteiger partial charge in [-0.05, 0) is 61.2 Å². The first kappa shape index (κ1) is 48.1. The highest BCUT2D eigenvalue weighted by Crippen LogP contribution is 2.40. The molecule has 9 heteroatoms. The standard InChI is InChI=1S/C48H79N3O6/c1-4-7-10-13-16-19-22-25-32-54-46-35-41(37-51-38-45(49-50-51)42-28-30-44(31-29-42)57-40-43(53)39-52)36-47(55-33-26-23-20-17-14-11-8-5-2)48(46)56-34-27-24-21-18-15-12-9-6-3/h28-31,35-36,38,43,52-53H,4-27,32-34,37,39-40H2,1-3H3. The highest BCUT2D eigenvalue weighted by molar-refractivity contribution is 5.59. The summed E-state index contributed by atoms with van der Waals surface area (Å²) in [5.41, 5.74) is 2.68. The minimum Gasteiger partial charge on any atom is -0.491 e. The minimum atomic E-state index is -0.910. The quantitative estimate of drug-likeness (QED) is 0.0556. The van der Waals surface area contributed by atoms with E-state index in [2.05, 4.69) is 43.2 Å². The first-order valence-electron chi connectivity index (χ1n) is 23.0. The van der Waals surface area contributed by atoms with Crippen molar-refractivity contribution < 1.29 is 29.2 Å². The molecule has 0 aliphatic heterocycles. The molecule has 0 aliphatic carbocycles. The normalized spacial score (nSPS) is 11.9. The van der Waals surface area contributed by atoms with E-state index < -0.39 is 6.10 Å². The predicted molar refractivity (Wildman–Crippen MR) is 234 cm³/mol. The van der Waals surface area contributed by atoms with Crippen molar-refractivity contribution in [1.82, 2.24) is 15.0 Å². The summed E-state index contributed by atoms with van der Waals surface area (Å²) in [6.07, 6.45) is 31.1. The lowest BCUT2D eigenvalue weighted by Crippen LogP contribution is -2.21. The fourth-order valence-corrected chi connectivity index (χ4v) is 6.99. The number of hydrogen-bond donors (Lipinski definition) is 2. The molecule has 0 spiro atoms. The number of aromatic nitrogens is 3. The Labute approximate surface area is 346 Å². The highest BCUT2D eigenvalue weighted by atomic mass is 16.5. The van der Waals surface area contributed by atoms with Crippen molar-refractivity contribution in [3.05, 3.63) is 48.2 Å². The Morgan fingerprint density at radius 3 is 1.46 bits per heavy atom. The Morgan fingerprint density at radius 1 is 0.561 bits per heavy atom. The van der Waals surface area contributed by atoms with Crippen LogP contribution in [0.5, 0.6) is 23.0 Å². The van der Waals surface area contributed by atoms with Crippen LogP contribution in [0.15, 0.2) is 42.6 Å². The van der Waals surface area contributed by atoms with E-state index in [0.717, 1.165) is 53.3 Å². The maximum absolute atomic E-state index is 9.61. The molecule has 0 saturated heterocycles. The first-order chi connectivity index (χ1) is 28.1. The summed E-state index contributed by atoms with van der Waals surface area (Å²) in [5.74, 6) is 2.85. The van der Waals surface area contributed by atoms with Crippen molar-refractivity contribution in [2.24, 2.45) is 0 Å². The molecule has 2 aromatic carbocycles. The lowest BCUT2D eigenvalue weighted by molar-refractivity contribution is 0.0536. The van der Waals surface area contributed by atoms with E-state index in [1.807, 2.05) is 35.1 Å². The van der Waals surface area contributed by atoms with Crippen LogP contribution in [-0.4, -0.2) is 64.3 Å². The van der Waals surface area contributed by atoms with Gasteiger partial charge in [0.2, 0.25) is 5.75 Å². The molecule has 3 rings (SSSR count). The maximum Gasteiger partial charge on any atom is 0.203 e. The zero-order valence-corrected chi connectivity index (χ0v) is 36.2. The molecule has 1 heterocycles. The van der Waals surface area contributed by atoms with E-state index >= 15 is 0 Å². The van der Waals surface area contributed by atoms with Crippen molar-refractivity contribution in [2.45, 2.75) is 188 Å². The first-order valence-corrected chi connectivity index (χ1v) is 23.0. The molecule has 9 nitrogen and oxygen atoms in total. The summed E-state index contributed by atoms with van der Waals surface area (Å²) in [7, 11) is 0. The van der Waals surface area contributed by atoms with Crippen LogP contribution in [0.3, 0.4) is 0 Å². The van der Waals surface area contributed by atoms with Gasteiger partial charge in [0.15, 0.2) is 11.5 Å². The van der Waals surface area contributed by atoms with E-state index in [1.165, 1.54) is 135 Å². The topological polar surface area (TPSA) is 108 Å². The van der Waals surface area contributed by atoms with Gasteiger partial charge < -0.3 is 29.2 Å². The molecule has 2 N–H and O–H groups in total. The Kier molecular flexibility index (Phi) is 26.7. The van der Waals surface area contributed by atoms with Crippen LogP contribution >= 0.6 is 0 Å². The summed E-state index contributed by atoms with van der Waals surface area (Å²) in [6, 6.07) is 11.7. The second kappa shape index (κ2) is 31.7. The summed E-state index contributed by atoms with van der Waals surface area (Å²) < 4.78 is 27.1. The molecule has 0 bridgehead atoms. The third-order valence-corrected chi connectivity index (χ3v) is 10.5. The highest BCUT2D eigenvalue weighted by Gasteiger charge is 2.17. The van der Waals surface area contributed by atoms with Crippen LogP contribution in [0.25, 0.3) is 11.3 Å². The predicted octanol–water partition coefficient (Wildman–Crippen LogP) is 12.3. The van der Waals surface area contributed by atoms with Gasteiger partial charge in [-0.1, -0.05) is 161 Å². The molecule has 3 aromatic rings. The van der Waals surface area contributed by atoms with Crippen LogP contribution in [0.1, 0.15) is 180 Å². The molecule has 0 fully saturated rings. The van der Waals surface area contributed by atoms with E-state index in [-0.39, 0.29) is 13.2 Å². The average Bonchev–Trinajstić information content (AvgIpc) is 3.70. The molecule has 1 unspecified atom stereocenters. The summed E-state index contributed by atoms with van der Waals surface area (Å²) >= 11 is 0. The molecular weight excluding hydrogens is 715 g/mol. The second-order valence-electron chi connectivity index (χ2n) is 15.9. The number of rotatable bonds is 37. The molecule has 1 atom stereocenters. The Balaban J connectivity index is 1.72. The van der Waals surface area contributed by atoms with Crippen LogP contribution in [0.2, 0.25) is 0 Å². The Morgan fingerprint density at radius 2 is 1.00 bits per heavy atom. The van der Waals surface area contributed by atoms with E-state index in [0.29, 0.717) is 32.1 Å². The number of hydrogen-bond acceptors (Lipinski definition) is 8. The number of benzene rings is 2. The number of nitrogens with zero attached hydrogens (tertiary/aromatic N) is 3. The lowest BCUT2D eigenvalue weighted by atomic mass is 10.1. The Hall–Kier alpha value is -3.30. The van der Waals surface area contributed by atoms with Gasteiger partial charge in [-0.3, -0.25) is 0 Å². The van der Waals surface area contributed by atoms with Crippen LogP contribution in [0, 0.1) is 0 Å². The summed E-state index contributed by atoms with van der Waals surface area (Å²) in [6.45, 7) is 8.95. The SMILES string of the molecule is CCCCCCCCCCOc1cc(Cn2cc(-c3ccc(OCC(O)CO)cc3)nn2)cc(OCCCCCCCCCC)c1OCCCCCCCCCC. The number of unbranched alkanes of at least 4 members (excludes halogenated alkanes) is 21. The Bertz CT molecular complexity index is 1350. The third kappa shape index (κ3) is 21.3. The summed E-state index contributed by atoms with van der Waals surface area (Å²) in [4.78, 5) is 0. The molecule has 0 radical (unpaired) electrons. The van der Waals surface area contributed by atoms with Crippen LogP contribution in [-0.2, 0) is 6.54 Å². The van der Waals surface area contributed by atoms with E-state index in [4.69, 9.17) is 24.1 Å². The number of aliphatic hydroxyl groups excluding tert-OH is 2. The zero-order chi connectivity index (χ0) is 40.6. The van der Waals surface area contributed by atoms with Gasteiger partial charge in [0, 0.05) is 5.56 Å². The van der Waals surface area contributed by atoms with Gasteiger partial charge >= 0.3 is 0 Å². The monoisotopic (exact) mass is 794 g/mol. The molecule has 0 saturated carbocycles. The number of aliphatic hydroxyl groups is 2. The largest absolute Gasteiger partial charge is 0.491 e. The van der Waals surface area contributed by atoms with Gasteiger partial charge in [-0.2, -0.15) is 0 Å². The van der Waals surface area contributed by atoms with Crippen molar-refractivity contribution in [2.75, 3.05) is 33.0 Å². The molecule has 0 amide bonds. The molecule has 57 heavy (non-hydrogen) atoms. The summed E-state index contributed by atoms with van der Waals surface area (Å²) in [5, 5.41) is 27.6. The molecule has 0 aliphatic rings.